The summed E-state index contributed by atoms with van der Waals surface area (Å²) in [4.78, 5) is 30.0. The second-order valence-corrected chi connectivity index (χ2v) is 10.7. The van der Waals surface area contributed by atoms with E-state index in [1.54, 1.807) is 7.11 Å². The quantitative estimate of drug-likeness (QED) is 0.510. The summed E-state index contributed by atoms with van der Waals surface area (Å²) in [5.74, 6) is 1.38. The first-order chi connectivity index (χ1) is 16.2. The maximum atomic E-state index is 13.4. The Balaban J connectivity index is 1.78. The maximum absolute atomic E-state index is 13.4. The van der Waals surface area contributed by atoms with Gasteiger partial charge in [-0.2, -0.15) is 0 Å². The lowest BCUT2D eigenvalue weighted by Gasteiger charge is -2.38. The Bertz CT molecular complexity index is 849. The van der Waals surface area contributed by atoms with Crippen molar-refractivity contribution in [2.45, 2.75) is 40.2 Å². The standard InChI is InChI=1S/C27H41N3O4/c1-27(2,3)20-29-17-23-8-5-6-10-24(23)34-14-7-9-22-18-30(26(32)19-29)13-11-21(22)16-25(31)28-12-15-33-4/h5-10,21-22H,11-20H2,1-4H3,(H,28,31)/b9-7+/t21-,22-/m0/s1. The van der Waals surface area contributed by atoms with E-state index in [1.807, 2.05) is 29.2 Å². The van der Waals surface area contributed by atoms with Crippen LogP contribution in [0.4, 0.5) is 0 Å². The number of nitrogens with one attached hydrogen (secondary N) is 1. The SMILES string of the molecule is COCCNC(=O)C[C@@H]1CCN2C[C@@H]1/C=C/COc1ccccc1CN(CC(C)(C)C)CC2=O. The van der Waals surface area contributed by atoms with Crippen LogP contribution in [-0.2, 0) is 20.9 Å². The number of hydrogen-bond donors (Lipinski definition) is 1. The average molecular weight is 472 g/mol. The van der Waals surface area contributed by atoms with Crippen molar-refractivity contribution in [2.24, 2.45) is 17.3 Å². The summed E-state index contributed by atoms with van der Waals surface area (Å²) in [6, 6.07) is 8.08. The minimum absolute atomic E-state index is 0.0414. The van der Waals surface area contributed by atoms with Crippen molar-refractivity contribution in [1.82, 2.24) is 15.1 Å². The van der Waals surface area contributed by atoms with E-state index in [9.17, 15) is 9.59 Å². The summed E-state index contributed by atoms with van der Waals surface area (Å²) in [5, 5.41) is 2.93. The molecule has 1 fully saturated rings. The van der Waals surface area contributed by atoms with Gasteiger partial charge in [0.2, 0.25) is 11.8 Å². The number of nitrogens with zero attached hydrogens (tertiary/aromatic N) is 2. The molecule has 3 rings (SSSR count). The van der Waals surface area contributed by atoms with E-state index in [0.29, 0.717) is 52.4 Å². The molecule has 0 aliphatic carbocycles. The largest absolute Gasteiger partial charge is 0.489 e. The van der Waals surface area contributed by atoms with Gasteiger partial charge in [-0.1, -0.05) is 51.1 Å². The van der Waals surface area contributed by atoms with E-state index in [2.05, 4.69) is 43.1 Å². The molecule has 1 aromatic rings. The van der Waals surface area contributed by atoms with Crippen LogP contribution >= 0.6 is 0 Å². The molecule has 0 aromatic heterocycles. The van der Waals surface area contributed by atoms with Crippen molar-refractivity contribution >= 4 is 11.8 Å². The lowest BCUT2D eigenvalue weighted by Crippen LogP contribution is -2.48. The van der Waals surface area contributed by atoms with Crippen LogP contribution in [0.5, 0.6) is 5.75 Å². The fourth-order valence-electron chi connectivity index (χ4n) is 4.85. The Morgan fingerprint density at radius 3 is 2.79 bits per heavy atom. The van der Waals surface area contributed by atoms with E-state index in [0.717, 1.165) is 24.3 Å². The zero-order valence-corrected chi connectivity index (χ0v) is 21.2. The van der Waals surface area contributed by atoms with E-state index >= 15 is 0 Å². The Labute approximate surface area is 204 Å². The van der Waals surface area contributed by atoms with Gasteiger partial charge < -0.3 is 19.7 Å². The lowest BCUT2D eigenvalue weighted by atomic mass is 9.82. The van der Waals surface area contributed by atoms with Crippen molar-refractivity contribution in [3.8, 4) is 5.75 Å². The third kappa shape index (κ3) is 8.13. The number of rotatable bonds is 6. The summed E-state index contributed by atoms with van der Waals surface area (Å²) in [6.07, 6.45) is 5.45. The third-order valence-corrected chi connectivity index (χ3v) is 6.38. The van der Waals surface area contributed by atoms with Gasteiger partial charge in [0, 0.05) is 51.8 Å². The van der Waals surface area contributed by atoms with Gasteiger partial charge >= 0.3 is 0 Å². The van der Waals surface area contributed by atoms with Crippen LogP contribution in [0.1, 0.15) is 39.2 Å². The number of benzene rings is 1. The molecule has 7 nitrogen and oxygen atoms in total. The van der Waals surface area contributed by atoms with Crippen LogP contribution in [0, 0.1) is 17.3 Å². The van der Waals surface area contributed by atoms with E-state index in [-0.39, 0.29) is 29.1 Å². The molecule has 1 aromatic carbocycles. The molecule has 0 spiro atoms. The number of ether oxygens (including phenoxy) is 2. The van der Waals surface area contributed by atoms with Gasteiger partial charge in [-0.25, -0.2) is 0 Å². The highest BCUT2D eigenvalue weighted by atomic mass is 16.5. The predicted molar refractivity (Wildman–Crippen MR) is 133 cm³/mol. The van der Waals surface area contributed by atoms with Crippen LogP contribution in [0.3, 0.4) is 0 Å². The number of fused-ring (bicyclic) bond motifs is 3. The molecule has 2 heterocycles. The van der Waals surface area contributed by atoms with Crippen molar-refractivity contribution in [3.63, 3.8) is 0 Å². The van der Waals surface area contributed by atoms with Crippen molar-refractivity contribution in [2.75, 3.05) is 53.0 Å². The van der Waals surface area contributed by atoms with Crippen LogP contribution < -0.4 is 10.1 Å². The number of carbonyl (C=O) groups is 2. The molecule has 2 atom stereocenters. The lowest BCUT2D eigenvalue weighted by molar-refractivity contribution is -0.135. The van der Waals surface area contributed by atoms with Crippen molar-refractivity contribution in [3.05, 3.63) is 42.0 Å². The van der Waals surface area contributed by atoms with Gasteiger partial charge in [-0.3, -0.25) is 14.5 Å². The Morgan fingerprint density at radius 2 is 2.03 bits per heavy atom. The Hall–Kier alpha value is -2.38. The molecule has 2 bridgehead atoms. The van der Waals surface area contributed by atoms with Gasteiger partial charge in [0.05, 0.1) is 13.2 Å². The summed E-state index contributed by atoms with van der Waals surface area (Å²) in [6.45, 7) is 11.3. The van der Waals surface area contributed by atoms with E-state index in [4.69, 9.17) is 9.47 Å². The van der Waals surface area contributed by atoms with Gasteiger partial charge in [0.1, 0.15) is 12.4 Å². The van der Waals surface area contributed by atoms with Gasteiger partial charge in [-0.05, 0) is 29.7 Å². The summed E-state index contributed by atoms with van der Waals surface area (Å²) in [5.41, 5.74) is 1.16. The van der Waals surface area contributed by atoms with Crippen LogP contribution in [0.25, 0.3) is 0 Å². The number of carbonyl (C=O) groups excluding carboxylic acids is 2. The number of amides is 2. The molecule has 7 heteroatoms. The normalized spacial score (nSPS) is 23.1. The zero-order valence-electron chi connectivity index (χ0n) is 21.2. The van der Waals surface area contributed by atoms with Gasteiger partial charge in [-0.15, -0.1) is 0 Å². The molecule has 34 heavy (non-hydrogen) atoms. The van der Waals surface area contributed by atoms with Gasteiger partial charge in [0.15, 0.2) is 0 Å². The molecular weight excluding hydrogens is 430 g/mol. The smallest absolute Gasteiger partial charge is 0.236 e. The molecule has 2 aliphatic heterocycles. The highest BCUT2D eigenvalue weighted by molar-refractivity contribution is 5.79. The molecule has 2 amide bonds. The molecule has 188 valence electrons. The van der Waals surface area contributed by atoms with Crippen molar-refractivity contribution < 1.29 is 19.1 Å². The van der Waals surface area contributed by atoms with Crippen LogP contribution in [0.15, 0.2) is 36.4 Å². The van der Waals surface area contributed by atoms with E-state index in [1.165, 1.54) is 0 Å². The van der Waals surface area contributed by atoms with Crippen LogP contribution in [0.2, 0.25) is 0 Å². The first kappa shape index (κ1) is 26.2. The molecule has 1 saturated heterocycles. The molecular formula is C27H41N3O4. The number of piperidine rings is 1. The predicted octanol–water partition coefficient (Wildman–Crippen LogP) is 3.10. The summed E-state index contributed by atoms with van der Waals surface area (Å²) in [7, 11) is 1.62. The average Bonchev–Trinajstić information content (AvgIpc) is 2.77. The van der Waals surface area contributed by atoms with E-state index < -0.39 is 0 Å². The number of hydrogen-bond acceptors (Lipinski definition) is 5. The zero-order chi connectivity index (χ0) is 24.6. The fraction of sp³-hybridized carbons (Fsp3) is 0.630. The fourth-order valence-corrected chi connectivity index (χ4v) is 4.85. The second kappa shape index (κ2) is 12.4. The Kier molecular flexibility index (Phi) is 9.54. The first-order valence-electron chi connectivity index (χ1n) is 12.4. The summed E-state index contributed by atoms with van der Waals surface area (Å²) < 4.78 is 11.1. The second-order valence-electron chi connectivity index (χ2n) is 10.7. The van der Waals surface area contributed by atoms with Gasteiger partial charge in [0.25, 0.3) is 0 Å². The third-order valence-electron chi connectivity index (χ3n) is 6.38. The molecule has 0 unspecified atom stereocenters. The first-order valence-corrected chi connectivity index (χ1v) is 12.4. The highest BCUT2D eigenvalue weighted by Gasteiger charge is 2.32. The minimum Gasteiger partial charge on any atom is -0.489 e. The monoisotopic (exact) mass is 471 g/mol. The molecule has 2 aliphatic rings. The molecule has 0 radical (unpaired) electrons. The maximum Gasteiger partial charge on any atom is 0.236 e. The number of methoxy groups -OCH3 is 1. The van der Waals surface area contributed by atoms with Crippen LogP contribution in [-0.4, -0.2) is 74.7 Å². The molecule has 0 saturated carbocycles. The number of para-hydroxylation sites is 1. The molecule has 1 N–H and O–H groups in total. The van der Waals surface area contributed by atoms with Crippen molar-refractivity contribution in [1.29, 1.82) is 0 Å². The minimum atomic E-state index is 0.0414. The topological polar surface area (TPSA) is 71.1 Å². The summed E-state index contributed by atoms with van der Waals surface area (Å²) >= 11 is 0. The highest BCUT2D eigenvalue weighted by Crippen LogP contribution is 2.29. The Morgan fingerprint density at radius 1 is 1.24 bits per heavy atom.